The third-order valence-corrected chi connectivity index (χ3v) is 4.17. The largest absolute Gasteiger partial charge is 0.439 e. The van der Waals surface area contributed by atoms with Crippen LogP contribution >= 0.6 is 0 Å². The molecule has 1 aromatic heterocycles. The Balaban J connectivity index is 2.27. The summed E-state index contributed by atoms with van der Waals surface area (Å²) < 4.78 is 6.03. The van der Waals surface area contributed by atoms with E-state index in [1.54, 1.807) is 12.1 Å². The van der Waals surface area contributed by atoms with Gasteiger partial charge in [0.1, 0.15) is 11.1 Å². The van der Waals surface area contributed by atoms with Gasteiger partial charge in [-0.1, -0.05) is 41.5 Å². The molecular formula is C22H21NO3. The molecule has 0 aliphatic rings. The van der Waals surface area contributed by atoms with Gasteiger partial charge >= 0.3 is 0 Å². The van der Waals surface area contributed by atoms with E-state index < -0.39 is 0 Å². The van der Waals surface area contributed by atoms with Crippen LogP contribution in [0, 0.1) is 6.92 Å². The van der Waals surface area contributed by atoms with Crippen LogP contribution in [0.5, 0.6) is 0 Å². The minimum absolute atomic E-state index is 0.0362. The van der Waals surface area contributed by atoms with Crippen LogP contribution in [-0.4, -0.2) is 12.8 Å². The fraction of sp³-hybridized carbons (Fsp3) is 0.182. The van der Waals surface area contributed by atoms with Gasteiger partial charge in [-0.05, 0) is 45.0 Å². The summed E-state index contributed by atoms with van der Waals surface area (Å²) in [6.45, 7) is 6.40. The van der Waals surface area contributed by atoms with Crippen molar-refractivity contribution in [3.8, 4) is 0 Å². The van der Waals surface area contributed by atoms with Gasteiger partial charge in [-0.3, -0.25) is 9.59 Å². The molecule has 3 rings (SSSR count). The van der Waals surface area contributed by atoms with Crippen LogP contribution in [0.1, 0.15) is 29.8 Å². The Hall–Kier alpha value is -3.14. The second-order valence-corrected chi connectivity index (χ2v) is 6.50. The minimum atomic E-state index is -0.307. The van der Waals surface area contributed by atoms with Gasteiger partial charge in [0.05, 0.1) is 5.39 Å². The standard InChI is InChI=1S/C22H21NO3/c1-15(2)11-12-23(17-7-5-4-6-8-17)22-19(14-24)21(25)18-13-16(3)9-10-20(18)26-22/h4-11,13-14H,12H2,1-3H3. The molecule has 4 nitrogen and oxygen atoms in total. The number of anilines is 2. The Bertz CT molecular complexity index is 1030. The fourth-order valence-electron chi connectivity index (χ4n) is 2.80. The molecule has 2 aromatic carbocycles. The quantitative estimate of drug-likeness (QED) is 0.480. The summed E-state index contributed by atoms with van der Waals surface area (Å²) in [6, 6.07) is 15.0. The molecule has 0 saturated carbocycles. The Labute approximate surface area is 152 Å². The number of hydrogen-bond acceptors (Lipinski definition) is 4. The topological polar surface area (TPSA) is 50.5 Å². The number of nitrogens with zero attached hydrogens (tertiary/aromatic N) is 1. The van der Waals surface area contributed by atoms with E-state index in [-0.39, 0.29) is 16.9 Å². The average Bonchev–Trinajstić information content (AvgIpc) is 2.63. The van der Waals surface area contributed by atoms with E-state index in [0.29, 0.717) is 23.8 Å². The summed E-state index contributed by atoms with van der Waals surface area (Å²) in [5.41, 5.74) is 3.13. The van der Waals surface area contributed by atoms with Crippen LogP contribution in [-0.2, 0) is 0 Å². The SMILES string of the molecule is CC(C)=CCN(c1ccccc1)c1oc2ccc(C)cc2c(=O)c1C=O. The zero-order valence-electron chi connectivity index (χ0n) is 15.2. The molecular weight excluding hydrogens is 326 g/mol. The first-order valence-corrected chi connectivity index (χ1v) is 8.50. The molecule has 0 amide bonds. The Kier molecular flexibility index (Phi) is 5.03. The molecule has 3 aromatic rings. The highest BCUT2D eigenvalue weighted by Gasteiger charge is 2.20. The molecule has 0 radical (unpaired) electrons. The molecule has 0 fully saturated rings. The maximum atomic E-state index is 12.9. The average molecular weight is 347 g/mol. The van der Waals surface area contributed by atoms with Crippen molar-refractivity contribution in [3.05, 3.63) is 81.5 Å². The number of allylic oxidation sites excluding steroid dienone is 1. The zero-order valence-corrected chi connectivity index (χ0v) is 15.2. The molecule has 0 aliphatic heterocycles. The number of benzene rings is 2. The van der Waals surface area contributed by atoms with Crippen LogP contribution < -0.4 is 10.3 Å². The van der Waals surface area contributed by atoms with Gasteiger partial charge in [-0.15, -0.1) is 0 Å². The summed E-state index contributed by atoms with van der Waals surface area (Å²) in [6.07, 6.45) is 2.61. The summed E-state index contributed by atoms with van der Waals surface area (Å²) in [4.78, 5) is 26.5. The summed E-state index contributed by atoms with van der Waals surface area (Å²) in [7, 11) is 0. The Morgan fingerprint density at radius 1 is 1.12 bits per heavy atom. The van der Waals surface area contributed by atoms with Crippen LogP contribution in [0.25, 0.3) is 11.0 Å². The lowest BCUT2D eigenvalue weighted by molar-refractivity contribution is 0.112. The van der Waals surface area contributed by atoms with E-state index in [0.717, 1.165) is 16.8 Å². The van der Waals surface area contributed by atoms with Gasteiger partial charge in [0.2, 0.25) is 11.3 Å². The molecule has 132 valence electrons. The molecule has 0 aliphatic carbocycles. The van der Waals surface area contributed by atoms with Crippen molar-refractivity contribution < 1.29 is 9.21 Å². The van der Waals surface area contributed by atoms with Gasteiger partial charge in [0.15, 0.2) is 6.29 Å². The third-order valence-electron chi connectivity index (χ3n) is 4.17. The first-order valence-electron chi connectivity index (χ1n) is 8.50. The highest BCUT2D eigenvalue weighted by molar-refractivity contribution is 5.91. The number of rotatable bonds is 5. The van der Waals surface area contributed by atoms with Gasteiger partial charge in [0.25, 0.3) is 0 Å². The Morgan fingerprint density at radius 2 is 1.85 bits per heavy atom. The molecule has 0 atom stereocenters. The van der Waals surface area contributed by atoms with Crippen molar-refractivity contribution in [2.45, 2.75) is 20.8 Å². The van der Waals surface area contributed by atoms with E-state index in [9.17, 15) is 9.59 Å². The molecule has 0 unspecified atom stereocenters. The lowest BCUT2D eigenvalue weighted by Gasteiger charge is -2.23. The van der Waals surface area contributed by atoms with Crippen molar-refractivity contribution in [3.63, 3.8) is 0 Å². The van der Waals surface area contributed by atoms with Gasteiger partial charge < -0.3 is 9.32 Å². The van der Waals surface area contributed by atoms with E-state index in [1.165, 1.54) is 0 Å². The lowest BCUT2D eigenvalue weighted by Crippen LogP contribution is -2.22. The molecule has 0 bridgehead atoms. The second-order valence-electron chi connectivity index (χ2n) is 6.50. The fourth-order valence-corrected chi connectivity index (χ4v) is 2.80. The van der Waals surface area contributed by atoms with Crippen molar-refractivity contribution in [1.82, 2.24) is 0 Å². The number of para-hydroxylation sites is 1. The summed E-state index contributed by atoms with van der Waals surface area (Å²) >= 11 is 0. The predicted octanol–water partition coefficient (Wildman–Crippen LogP) is 5.02. The van der Waals surface area contributed by atoms with Crippen molar-refractivity contribution >= 4 is 28.8 Å². The number of hydrogen-bond donors (Lipinski definition) is 0. The molecule has 0 N–H and O–H groups in total. The van der Waals surface area contributed by atoms with Crippen LogP contribution in [0.2, 0.25) is 0 Å². The number of aldehydes is 1. The van der Waals surface area contributed by atoms with Gasteiger partial charge in [0, 0.05) is 12.2 Å². The van der Waals surface area contributed by atoms with E-state index in [4.69, 9.17) is 4.42 Å². The predicted molar refractivity (Wildman–Crippen MR) is 105 cm³/mol. The molecule has 1 heterocycles. The van der Waals surface area contributed by atoms with Crippen LogP contribution in [0.4, 0.5) is 11.6 Å². The first-order chi connectivity index (χ1) is 12.5. The maximum absolute atomic E-state index is 12.9. The molecule has 0 saturated heterocycles. The van der Waals surface area contributed by atoms with Crippen molar-refractivity contribution in [1.29, 1.82) is 0 Å². The summed E-state index contributed by atoms with van der Waals surface area (Å²) in [5, 5.41) is 0.422. The number of aryl methyl sites for hydroxylation is 1. The number of carbonyl (C=O) groups excluding carboxylic acids is 1. The molecule has 0 spiro atoms. The zero-order chi connectivity index (χ0) is 18.7. The molecule has 26 heavy (non-hydrogen) atoms. The Morgan fingerprint density at radius 3 is 2.50 bits per heavy atom. The molecule has 4 heteroatoms. The van der Waals surface area contributed by atoms with E-state index >= 15 is 0 Å². The smallest absolute Gasteiger partial charge is 0.215 e. The monoisotopic (exact) mass is 347 g/mol. The van der Waals surface area contributed by atoms with Gasteiger partial charge in [-0.25, -0.2) is 0 Å². The minimum Gasteiger partial charge on any atom is -0.439 e. The normalized spacial score (nSPS) is 10.6. The van der Waals surface area contributed by atoms with E-state index in [2.05, 4.69) is 0 Å². The highest BCUT2D eigenvalue weighted by Crippen LogP contribution is 2.29. The lowest BCUT2D eigenvalue weighted by atomic mass is 10.1. The number of fused-ring (bicyclic) bond motifs is 1. The highest BCUT2D eigenvalue weighted by atomic mass is 16.4. The van der Waals surface area contributed by atoms with Crippen molar-refractivity contribution in [2.24, 2.45) is 0 Å². The van der Waals surface area contributed by atoms with E-state index in [1.807, 2.05) is 68.1 Å². The van der Waals surface area contributed by atoms with Gasteiger partial charge in [-0.2, -0.15) is 0 Å². The second kappa shape index (κ2) is 7.40. The third kappa shape index (κ3) is 3.45. The maximum Gasteiger partial charge on any atom is 0.215 e. The number of carbonyl (C=O) groups is 1. The first kappa shape index (κ1) is 17.7. The summed E-state index contributed by atoms with van der Waals surface area (Å²) in [5.74, 6) is 0.269. The van der Waals surface area contributed by atoms with Crippen LogP contribution in [0.3, 0.4) is 0 Å². The van der Waals surface area contributed by atoms with Crippen molar-refractivity contribution in [2.75, 3.05) is 11.4 Å². The van der Waals surface area contributed by atoms with Crippen LogP contribution in [0.15, 0.2) is 69.4 Å².